The van der Waals surface area contributed by atoms with Crippen LogP contribution < -0.4 is 5.32 Å². The summed E-state index contributed by atoms with van der Waals surface area (Å²) in [4.78, 5) is 0. The zero-order valence-electron chi connectivity index (χ0n) is 8.13. The average molecular weight is 173 g/mol. The van der Waals surface area contributed by atoms with Crippen molar-refractivity contribution >= 4 is 0 Å². The van der Waals surface area contributed by atoms with E-state index in [-0.39, 0.29) is 11.5 Å². The molecular weight excluding hydrogens is 154 g/mol. The van der Waals surface area contributed by atoms with Gasteiger partial charge in [-0.1, -0.05) is 20.8 Å². The highest BCUT2D eigenvalue weighted by Gasteiger charge is 2.25. The van der Waals surface area contributed by atoms with E-state index < -0.39 is 0 Å². The van der Waals surface area contributed by atoms with Crippen LogP contribution in [0, 0.1) is 5.41 Å². The Morgan fingerprint density at radius 3 is 2.42 bits per heavy atom. The van der Waals surface area contributed by atoms with E-state index in [0.717, 1.165) is 13.1 Å². The van der Waals surface area contributed by atoms with Gasteiger partial charge >= 0.3 is 0 Å². The van der Waals surface area contributed by atoms with Crippen molar-refractivity contribution in [3.8, 4) is 0 Å². The lowest BCUT2D eigenvalue weighted by Gasteiger charge is -2.31. The van der Waals surface area contributed by atoms with Crippen LogP contribution >= 0.6 is 0 Å². The highest BCUT2D eigenvalue weighted by molar-refractivity contribution is 4.77. The van der Waals surface area contributed by atoms with Gasteiger partial charge in [0.15, 0.2) is 0 Å². The fraction of sp³-hybridized carbons (Fsp3) is 1.00. The van der Waals surface area contributed by atoms with Gasteiger partial charge in [0.25, 0.3) is 0 Å². The van der Waals surface area contributed by atoms with E-state index in [1.54, 1.807) is 0 Å². The number of ether oxygens (including phenoxy) is 1. The van der Waals surface area contributed by atoms with Gasteiger partial charge < -0.3 is 15.2 Å². The van der Waals surface area contributed by atoms with Crippen molar-refractivity contribution in [2.75, 3.05) is 19.7 Å². The smallest absolute Gasteiger partial charge is 0.0824 e. The molecule has 0 amide bonds. The Bertz CT molecular complexity index is 138. The molecule has 0 radical (unpaired) electrons. The van der Waals surface area contributed by atoms with Crippen molar-refractivity contribution in [3.05, 3.63) is 0 Å². The summed E-state index contributed by atoms with van der Waals surface area (Å²) in [5, 5.41) is 12.7. The number of hydrogen-bond acceptors (Lipinski definition) is 3. The molecule has 0 aromatic rings. The quantitative estimate of drug-likeness (QED) is 0.648. The Morgan fingerprint density at radius 1 is 1.50 bits per heavy atom. The molecule has 1 atom stereocenters. The summed E-state index contributed by atoms with van der Waals surface area (Å²) in [5.74, 6) is 0. The molecule has 0 spiro atoms. The summed E-state index contributed by atoms with van der Waals surface area (Å²) in [7, 11) is 0. The van der Waals surface area contributed by atoms with Crippen LogP contribution in [-0.2, 0) is 4.74 Å². The monoisotopic (exact) mass is 173 g/mol. The third kappa shape index (κ3) is 2.73. The Kier molecular flexibility index (Phi) is 3.09. The zero-order chi connectivity index (χ0) is 9.19. The van der Waals surface area contributed by atoms with Gasteiger partial charge in [0.2, 0.25) is 0 Å². The number of aliphatic hydroxyl groups is 1. The molecule has 1 heterocycles. The van der Waals surface area contributed by atoms with E-state index in [0.29, 0.717) is 12.7 Å². The molecule has 12 heavy (non-hydrogen) atoms. The van der Waals surface area contributed by atoms with Crippen LogP contribution in [0.15, 0.2) is 0 Å². The van der Waals surface area contributed by atoms with E-state index in [2.05, 4.69) is 5.32 Å². The van der Waals surface area contributed by atoms with Crippen molar-refractivity contribution < 1.29 is 9.84 Å². The van der Waals surface area contributed by atoms with Crippen molar-refractivity contribution in [1.82, 2.24) is 5.32 Å². The standard InChI is InChI=1S/C9H19NO2/c1-9(2,3)8(11)6-12-7-4-10-5-7/h7-8,10-11H,4-6H2,1-3H3. The lowest BCUT2D eigenvalue weighted by atomic mass is 9.90. The Labute approximate surface area is 74.1 Å². The Balaban J connectivity index is 2.13. The molecule has 0 aliphatic carbocycles. The Morgan fingerprint density at radius 2 is 2.08 bits per heavy atom. The minimum atomic E-state index is -0.363. The molecule has 2 N–H and O–H groups in total. The number of hydrogen-bond donors (Lipinski definition) is 2. The number of rotatable bonds is 3. The first-order chi connectivity index (χ1) is 5.50. The van der Waals surface area contributed by atoms with Crippen LogP contribution in [0.2, 0.25) is 0 Å². The highest BCUT2D eigenvalue weighted by atomic mass is 16.5. The van der Waals surface area contributed by atoms with Crippen LogP contribution in [0.5, 0.6) is 0 Å². The largest absolute Gasteiger partial charge is 0.390 e. The van der Waals surface area contributed by atoms with Gasteiger partial charge in [-0.25, -0.2) is 0 Å². The maximum atomic E-state index is 9.61. The van der Waals surface area contributed by atoms with E-state index in [1.165, 1.54) is 0 Å². The van der Waals surface area contributed by atoms with Gasteiger partial charge in [0.05, 0.1) is 18.8 Å². The lowest BCUT2D eigenvalue weighted by molar-refractivity contribution is -0.0632. The molecule has 3 nitrogen and oxygen atoms in total. The van der Waals surface area contributed by atoms with Gasteiger partial charge in [0, 0.05) is 13.1 Å². The number of aliphatic hydroxyl groups excluding tert-OH is 1. The molecule has 1 saturated heterocycles. The molecule has 1 aliphatic rings. The van der Waals surface area contributed by atoms with Crippen LogP contribution in [0.4, 0.5) is 0 Å². The second kappa shape index (κ2) is 3.73. The van der Waals surface area contributed by atoms with Gasteiger partial charge in [-0.3, -0.25) is 0 Å². The molecule has 0 bridgehead atoms. The third-order valence-electron chi connectivity index (χ3n) is 2.23. The van der Waals surface area contributed by atoms with Crippen LogP contribution in [0.25, 0.3) is 0 Å². The second-order valence-electron chi connectivity index (χ2n) is 4.50. The molecule has 0 saturated carbocycles. The van der Waals surface area contributed by atoms with E-state index in [4.69, 9.17) is 4.74 Å². The van der Waals surface area contributed by atoms with E-state index in [1.807, 2.05) is 20.8 Å². The normalized spacial score (nSPS) is 22.0. The van der Waals surface area contributed by atoms with Crippen LogP contribution in [0.3, 0.4) is 0 Å². The first-order valence-corrected chi connectivity index (χ1v) is 4.50. The summed E-state index contributed by atoms with van der Waals surface area (Å²) in [6.45, 7) is 8.35. The summed E-state index contributed by atoms with van der Waals surface area (Å²) in [6.07, 6.45) is -0.0416. The topological polar surface area (TPSA) is 41.5 Å². The summed E-state index contributed by atoms with van der Waals surface area (Å²) in [5.41, 5.74) is -0.0722. The molecule has 72 valence electrons. The van der Waals surface area contributed by atoms with Gasteiger partial charge in [-0.2, -0.15) is 0 Å². The van der Waals surface area contributed by atoms with Crippen molar-refractivity contribution in [1.29, 1.82) is 0 Å². The second-order valence-corrected chi connectivity index (χ2v) is 4.50. The molecule has 3 heteroatoms. The highest BCUT2D eigenvalue weighted by Crippen LogP contribution is 2.19. The zero-order valence-corrected chi connectivity index (χ0v) is 8.13. The van der Waals surface area contributed by atoms with Crippen molar-refractivity contribution in [2.45, 2.75) is 33.0 Å². The lowest BCUT2D eigenvalue weighted by Crippen LogP contribution is -2.49. The fourth-order valence-electron chi connectivity index (χ4n) is 0.857. The predicted molar refractivity (Wildman–Crippen MR) is 48.1 cm³/mol. The van der Waals surface area contributed by atoms with Crippen LogP contribution in [-0.4, -0.2) is 37.0 Å². The maximum Gasteiger partial charge on any atom is 0.0824 e. The fourth-order valence-corrected chi connectivity index (χ4v) is 0.857. The van der Waals surface area contributed by atoms with Crippen molar-refractivity contribution in [2.24, 2.45) is 5.41 Å². The van der Waals surface area contributed by atoms with E-state index >= 15 is 0 Å². The van der Waals surface area contributed by atoms with Gasteiger partial charge in [-0.05, 0) is 5.41 Å². The summed E-state index contributed by atoms with van der Waals surface area (Å²) in [6, 6.07) is 0. The summed E-state index contributed by atoms with van der Waals surface area (Å²) < 4.78 is 5.45. The molecule has 0 aromatic carbocycles. The van der Waals surface area contributed by atoms with Gasteiger partial charge in [0.1, 0.15) is 0 Å². The molecule has 1 rings (SSSR count). The molecule has 1 fully saturated rings. The first-order valence-electron chi connectivity index (χ1n) is 4.50. The minimum Gasteiger partial charge on any atom is -0.390 e. The molecule has 0 aromatic heterocycles. The maximum absolute atomic E-state index is 9.61. The number of nitrogens with one attached hydrogen (secondary N) is 1. The summed E-state index contributed by atoms with van der Waals surface area (Å²) >= 11 is 0. The first kappa shape index (κ1) is 9.96. The van der Waals surface area contributed by atoms with Crippen LogP contribution in [0.1, 0.15) is 20.8 Å². The molecular formula is C9H19NO2. The third-order valence-corrected chi connectivity index (χ3v) is 2.23. The Hall–Kier alpha value is -0.120. The minimum absolute atomic E-state index is 0.0722. The van der Waals surface area contributed by atoms with Crippen molar-refractivity contribution in [3.63, 3.8) is 0 Å². The SMILES string of the molecule is CC(C)(C)C(O)COC1CNC1. The predicted octanol–water partition coefficient (Wildman–Crippen LogP) is 0.382. The average Bonchev–Trinajstić information content (AvgIpc) is 1.81. The van der Waals surface area contributed by atoms with Gasteiger partial charge in [-0.15, -0.1) is 0 Å². The molecule has 1 unspecified atom stereocenters. The van der Waals surface area contributed by atoms with E-state index in [9.17, 15) is 5.11 Å². The molecule has 1 aliphatic heterocycles.